The lowest BCUT2D eigenvalue weighted by Gasteiger charge is -2.33. The fourth-order valence-electron chi connectivity index (χ4n) is 2.61. The number of rotatable bonds is 3. The number of para-hydroxylation sites is 1. The monoisotopic (exact) mass is 249 g/mol. The first kappa shape index (κ1) is 12.8. The van der Waals surface area contributed by atoms with Crippen LogP contribution in [-0.2, 0) is 0 Å². The fourth-order valence-corrected chi connectivity index (χ4v) is 2.61. The van der Waals surface area contributed by atoms with Crippen LogP contribution in [0.1, 0.15) is 18.4 Å². The van der Waals surface area contributed by atoms with Crippen molar-refractivity contribution in [3.05, 3.63) is 33.9 Å². The highest BCUT2D eigenvalue weighted by atomic mass is 16.6. The lowest BCUT2D eigenvalue weighted by atomic mass is 9.97. The molecule has 2 rings (SSSR count). The molecule has 0 aromatic heterocycles. The van der Waals surface area contributed by atoms with Gasteiger partial charge in [0, 0.05) is 18.7 Å². The standard InChI is InChI=1S/C13H19N3O2/c1-10-4-2-6-12(13(10)16(17)18)15-7-3-5-11(8-14)9-15/h2,4,6,11H,3,5,7-9,14H2,1H3. The van der Waals surface area contributed by atoms with Crippen LogP contribution in [0.5, 0.6) is 0 Å². The number of nitro benzene ring substituents is 1. The molecule has 1 aromatic carbocycles. The van der Waals surface area contributed by atoms with Crippen molar-refractivity contribution in [1.29, 1.82) is 0 Å². The third kappa shape index (κ3) is 2.46. The molecular weight excluding hydrogens is 230 g/mol. The Kier molecular flexibility index (Phi) is 3.81. The molecule has 1 saturated heterocycles. The molecule has 1 aromatic rings. The number of nitrogens with two attached hydrogens (primary N) is 1. The van der Waals surface area contributed by atoms with Crippen LogP contribution in [0.4, 0.5) is 11.4 Å². The van der Waals surface area contributed by atoms with Crippen molar-refractivity contribution in [1.82, 2.24) is 0 Å². The van der Waals surface area contributed by atoms with E-state index in [2.05, 4.69) is 4.90 Å². The topological polar surface area (TPSA) is 72.4 Å². The highest BCUT2D eigenvalue weighted by molar-refractivity contribution is 5.66. The minimum absolute atomic E-state index is 0.232. The van der Waals surface area contributed by atoms with E-state index in [-0.39, 0.29) is 10.6 Å². The number of aryl methyl sites for hydroxylation is 1. The second-order valence-corrected chi connectivity index (χ2v) is 4.89. The summed E-state index contributed by atoms with van der Waals surface area (Å²) in [6.07, 6.45) is 2.17. The van der Waals surface area contributed by atoms with E-state index >= 15 is 0 Å². The minimum Gasteiger partial charge on any atom is -0.366 e. The van der Waals surface area contributed by atoms with Gasteiger partial charge >= 0.3 is 0 Å². The van der Waals surface area contributed by atoms with Crippen LogP contribution < -0.4 is 10.6 Å². The maximum absolute atomic E-state index is 11.2. The van der Waals surface area contributed by atoms with Gasteiger partial charge in [-0.1, -0.05) is 12.1 Å². The zero-order valence-electron chi connectivity index (χ0n) is 10.6. The van der Waals surface area contributed by atoms with Gasteiger partial charge < -0.3 is 10.6 Å². The third-order valence-electron chi connectivity index (χ3n) is 3.59. The van der Waals surface area contributed by atoms with Crippen LogP contribution in [0.25, 0.3) is 0 Å². The summed E-state index contributed by atoms with van der Waals surface area (Å²) in [5.41, 5.74) is 7.39. The van der Waals surface area contributed by atoms with Gasteiger partial charge in [0.25, 0.3) is 5.69 Å². The van der Waals surface area contributed by atoms with Gasteiger partial charge in [0.1, 0.15) is 5.69 Å². The Morgan fingerprint density at radius 1 is 1.56 bits per heavy atom. The van der Waals surface area contributed by atoms with Crippen LogP contribution in [0, 0.1) is 23.0 Å². The summed E-state index contributed by atoms with van der Waals surface area (Å²) in [5.74, 6) is 0.443. The Morgan fingerprint density at radius 3 is 3.00 bits per heavy atom. The van der Waals surface area contributed by atoms with E-state index in [0.717, 1.165) is 31.6 Å². The van der Waals surface area contributed by atoms with Gasteiger partial charge in [-0.25, -0.2) is 0 Å². The molecule has 1 atom stereocenters. The first-order chi connectivity index (χ1) is 8.63. The zero-order valence-corrected chi connectivity index (χ0v) is 10.6. The Hall–Kier alpha value is -1.62. The molecule has 0 radical (unpaired) electrons. The number of nitrogens with zero attached hydrogens (tertiary/aromatic N) is 2. The van der Waals surface area contributed by atoms with Gasteiger partial charge in [-0.15, -0.1) is 0 Å². The molecule has 0 spiro atoms. The summed E-state index contributed by atoms with van der Waals surface area (Å²) >= 11 is 0. The van der Waals surface area contributed by atoms with Gasteiger partial charge in [-0.3, -0.25) is 10.1 Å². The van der Waals surface area contributed by atoms with Gasteiger partial charge in [0.05, 0.1) is 4.92 Å². The number of benzene rings is 1. The van der Waals surface area contributed by atoms with Crippen molar-refractivity contribution in [3.8, 4) is 0 Å². The molecule has 0 bridgehead atoms. The highest BCUT2D eigenvalue weighted by Gasteiger charge is 2.25. The van der Waals surface area contributed by atoms with E-state index in [1.807, 2.05) is 12.1 Å². The van der Waals surface area contributed by atoms with E-state index in [1.165, 1.54) is 0 Å². The van der Waals surface area contributed by atoms with E-state index in [0.29, 0.717) is 18.0 Å². The molecule has 5 nitrogen and oxygen atoms in total. The molecule has 1 aliphatic rings. The molecule has 18 heavy (non-hydrogen) atoms. The van der Waals surface area contributed by atoms with E-state index in [4.69, 9.17) is 5.73 Å². The second-order valence-electron chi connectivity index (χ2n) is 4.89. The highest BCUT2D eigenvalue weighted by Crippen LogP contribution is 2.33. The van der Waals surface area contributed by atoms with Crippen molar-refractivity contribution in [2.45, 2.75) is 19.8 Å². The molecule has 1 aliphatic heterocycles. The lowest BCUT2D eigenvalue weighted by Crippen LogP contribution is -2.38. The Labute approximate surface area is 107 Å². The lowest BCUT2D eigenvalue weighted by molar-refractivity contribution is -0.384. The van der Waals surface area contributed by atoms with Gasteiger partial charge in [0.15, 0.2) is 0 Å². The number of anilines is 1. The first-order valence-electron chi connectivity index (χ1n) is 6.32. The maximum Gasteiger partial charge on any atom is 0.295 e. The molecule has 0 saturated carbocycles. The van der Waals surface area contributed by atoms with Crippen LogP contribution in [0.3, 0.4) is 0 Å². The number of piperidine rings is 1. The third-order valence-corrected chi connectivity index (χ3v) is 3.59. The minimum atomic E-state index is -0.281. The first-order valence-corrected chi connectivity index (χ1v) is 6.32. The molecule has 0 amide bonds. The molecule has 2 N–H and O–H groups in total. The predicted octanol–water partition coefficient (Wildman–Crippen LogP) is 2.08. The van der Waals surface area contributed by atoms with Crippen LogP contribution in [0.2, 0.25) is 0 Å². The molecule has 1 heterocycles. The summed E-state index contributed by atoms with van der Waals surface area (Å²) in [5, 5.41) is 11.2. The van der Waals surface area contributed by atoms with Crippen molar-refractivity contribution < 1.29 is 4.92 Å². The predicted molar refractivity (Wildman–Crippen MR) is 71.8 cm³/mol. The molecule has 5 heteroatoms. The van der Waals surface area contributed by atoms with Crippen LogP contribution in [-0.4, -0.2) is 24.6 Å². The summed E-state index contributed by atoms with van der Waals surface area (Å²) < 4.78 is 0. The van der Waals surface area contributed by atoms with E-state index in [1.54, 1.807) is 13.0 Å². The summed E-state index contributed by atoms with van der Waals surface area (Å²) in [4.78, 5) is 13.0. The van der Waals surface area contributed by atoms with E-state index < -0.39 is 0 Å². The zero-order chi connectivity index (χ0) is 13.1. The molecule has 1 unspecified atom stereocenters. The molecule has 1 fully saturated rings. The Bertz CT molecular complexity index is 448. The number of hydrogen-bond donors (Lipinski definition) is 1. The van der Waals surface area contributed by atoms with Crippen LogP contribution >= 0.6 is 0 Å². The molecule has 98 valence electrons. The Morgan fingerprint density at radius 2 is 2.33 bits per heavy atom. The average Bonchev–Trinajstić information content (AvgIpc) is 2.38. The fraction of sp³-hybridized carbons (Fsp3) is 0.538. The van der Waals surface area contributed by atoms with Gasteiger partial charge in [-0.05, 0) is 38.3 Å². The normalized spacial score (nSPS) is 19.9. The largest absolute Gasteiger partial charge is 0.366 e. The molecule has 0 aliphatic carbocycles. The number of hydrogen-bond acceptors (Lipinski definition) is 4. The van der Waals surface area contributed by atoms with Crippen LogP contribution in [0.15, 0.2) is 18.2 Å². The molecular formula is C13H19N3O2. The maximum atomic E-state index is 11.2. The number of nitro groups is 1. The van der Waals surface area contributed by atoms with Crippen molar-refractivity contribution in [2.24, 2.45) is 11.7 Å². The average molecular weight is 249 g/mol. The second kappa shape index (κ2) is 5.35. The van der Waals surface area contributed by atoms with Gasteiger partial charge in [0.2, 0.25) is 0 Å². The SMILES string of the molecule is Cc1cccc(N2CCCC(CN)C2)c1[N+](=O)[O-]. The quantitative estimate of drug-likeness (QED) is 0.657. The smallest absolute Gasteiger partial charge is 0.295 e. The Balaban J connectivity index is 2.32. The summed E-state index contributed by atoms with van der Waals surface area (Å²) in [6.45, 7) is 4.13. The van der Waals surface area contributed by atoms with E-state index in [9.17, 15) is 10.1 Å². The van der Waals surface area contributed by atoms with Crippen molar-refractivity contribution >= 4 is 11.4 Å². The van der Waals surface area contributed by atoms with Gasteiger partial charge in [-0.2, -0.15) is 0 Å². The van der Waals surface area contributed by atoms with Crippen molar-refractivity contribution in [2.75, 3.05) is 24.5 Å². The summed E-state index contributed by atoms with van der Waals surface area (Å²) in [6, 6.07) is 5.50. The van der Waals surface area contributed by atoms with Crippen molar-refractivity contribution in [3.63, 3.8) is 0 Å². The summed E-state index contributed by atoms with van der Waals surface area (Å²) in [7, 11) is 0.